The molecule has 0 aliphatic carbocycles. The summed E-state index contributed by atoms with van der Waals surface area (Å²) < 4.78 is 21.0. The topological polar surface area (TPSA) is 67.6 Å². The number of aromatic amines is 1. The predicted molar refractivity (Wildman–Crippen MR) is 112 cm³/mol. The number of benzene rings is 1. The Morgan fingerprint density at radius 1 is 1.33 bits per heavy atom. The Balaban J connectivity index is 1.62. The van der Waals surface area contributed by atoms with Gasteiger partial charge in [0.1, 0.15) is 18.9 Å². The molecular weight excluding hydrogens is 385 g/mol. The zero-order chi connectivity index (χ0) is 21.3. The second kappa shape index (κ2) is 8.57. The molecule has 3 heterocycles. The van der Waals surface area contributed by atoms with E-state index in [9.17, 15) is 9.18 Å². The first-order chi connectivity index (χ1) is 14.4. The van der Waals surface area contributed by atoms with Gasteiger partial charge in [-0.25, -0.2) is 4.39 Å². The molecule has 1 saturated heterocycles. The Morgan fingerprint density at radius 3 is 2.80 bits per heavy atom. The largest absolute Gasteiger partial charge is 0.370 e. The van der Waals surface area contributed by atoms with Gasteiger partial charge in [-0.3, -0.25) is 9.48 Å². The molecule has 4 rings (SSSR count). The number of aryl methyl sites for hydroxylation is 2. The van der Waals surface area contributed by atoms with Crippen LogP contribution in [0.15, 0.2) is 24.4 Å². The van der Waals surface area contributed by atoms with E-state index in [1.807, 2.05) is 32.0 Å². The number of carbonyl (C=O) groups excluding carboxylic acids is 1. The molecule has 1 aromatic carbocycles. The van der Waals surface area contributed by atoms with Crippen LogP contribution in [0.2, 0.25) is 0 Å². The first-order valence-electron chi connectivity index (χ1n) is 10.4. The van der Waals surface area contributed by atoms with Gasteiger partial charge in [0, 0.05) is 36.4 Å². The summed E-state index contributed by atoms with van der Waals surface area (Å²) in [7, 11) is 1.85. The number of morpholine rings is 1. The molecule has 8 heteroatoms. The molecule has 160 valence electrons. The minimum atomic E-state index is -0.280. The summed E-state index contributed by atoms with van der Waals surface area (Å²) in [5.41, 5.74) is 4.01. The minimum Gasteiger partial charge on any atom is -0.370 e. The summed E-state index contributed by atoms with van der Waals surface area (Å²) >= 11 is 0. The fourth-order valence-corrected chi connectivity index (χ4v) is 4.18. The van der Waals surface area contributed by atoms with Crippen LogP contribution in [-0.2, 0) is 18.3 Å². The summed E-state index contributed by atoms with van der Waals surface area (Å²) in [5.74, 6) is -0.311. The van der Waals surface area contributed by atoms with Crippen LogP contribution >= 0.6 is 0 Å². The highest BCUT2D eigenvalue weighted by molar-refractivity contribution is 5.96. The van der Waals surface area contributed by atoms with Gasteiger partial charge in [-0.15, -0.1) is 0 Å². The average Bonchev–Trinajstić information content (AvgIpc) is 3.24. The van der Waals surface area contributed by atoms with Crippen LogP contribution in [0.5, 0.6) is 0 Å². The molecule has 0 unspecified atom stereocenters. The number of rotatable bonds is 6. The normalized spacial score (nSPS) is 15.1. The van der Waals surface area contributed by atoms with Crippen molar-refractivity contribution in [3.8, 4) is 0 Å². The average molecular weight is 415 g/mol. The molecule has 30 heavy (non-hydrogen) atoms. The summed E-state index contributed by atoms with van der Waals surface area (Å²) in [6.45, 7) is 9.08. The standard InChI is InChI=1S/C22H28FN5O2/c1-15-21(16(2)26(3)25-15)22(29)28(7-6-27-8-10-30-11-9-27)14-17-13-24-20-5-4-18(23)12-19(17)20/h4-5,12-13,24H,6-11,14H2,1-3H3/p+1. The van der Waals surface area contributed by atoms with Gasteiger partial charge >= 0.3 is 0 Å². The molecule has 1 amide bonds. The number of carbonyl (C=O) groups is 1. The molecule has 0 bridgehead atoms. The maximum absolute atomic E-state index is 13.8. The number of nitrogens with one attached hydrogen (secondary N) is 2. The monoisotopic (exact) mass is 414 g/mol. The Kier molecular flexibility index (Phi) is 5.87. The molecule has 0 radical (unpaired) electrons. The Bertz CT molecular complexity index is 1050. The van der Waals surface area contributed by atoms with Crippen LogP contribution in [0.3, 0.4) is 0 Å². The molecule has 3 aromatic rings. The van der Waals surface area contributed by atoms with Crippen molar-refractivity contribution < 1.29 is 18.8 Å². The van der Waals surface area contributed by atoms with Crippen molar-refractivity contribution in [3.63, 3.8) is 0 Å². The van der Waals surface area contributed by atoms with E-state index in [0.29, 0.717) is 18.7 Å². The van der Waals surface area contributed by atoms with Crippen molar-refractivity contribution in [1.82, 2.24) is 19.7 Å². The number of fused-ring (bicyclic) bond motifs is 1. The van der Waals surface area contributed by atoms with E-state index >= 15 is 0 Å². The third-order valence-corrected chi connectivity index (χ3v) is 6.04. The lowest BCUT2D eigenvalue weighted by molar-refractivity contribution is -0.907. The lowest BCUT2D eigenvalue weighted by Gasteiger charge is -2.28. The number of quaternary nitrogens is 1. The van der Waals surface area contributed by atoms with E-state index in [-0.39, 0.29) is 11.7 Å². The molecule has 1 aliphatic rings. The van der Waals surface area contributed by atoms with E-state index < -0.39 is 0 Å². The smallest absolute Gasteiger partial charge is 0.258 e. The number of halogens is 1. The number of amides is 1. The first kappa shape index (κ1) is 20.6. The molecular formula is C22H29FN5O2+. The maximum Gasteiger partial charge on any atom is 0.258 e. The quantitative estimate of drug-likeness (QED) is 0.637. The molecule has 2 aromatic heterocycles. The highest BCUT2D eigenvalue weighted by Crippen LogP contribution is 2.22. The second-order valence-corrected chi connectivity index (χ2v) is 8.01. The van der Waals surface area contributed by atoms with Crippen molar-refractivity contribution in [2.45, 2.75) is 20.4 Å². The molecule has 0 saturated carbocycles. The number of hydrogen-bond donors (Lipinski definition) is 2. The molecule has 0 atom stereocenters. The zero-order valence-electron chi connectivity index (χ0n) is 17.8. The van der Waals surface area contributed by atoms with Crippen LogP contribution in [0, 0.1) is 19.7 Å². The van der Waals surface area contributed by atoms with Crippen LogP contribution in [0.4, 0.5) is 4.39 Å². The van der Waals surface area contributed by atoms with E-state index in [0.717, 1.165) is 60.7 Å². The zero-order valence-corrected chi connectivity index (χ0v) is 17.8. The van der Waals surface area contributed by atoms with Crippen molar-refractivity contribution in [2.24, 2.45) is 7.05 Å². The molecule has 1 fully saturated rings. The third-order valence-electron chi connectivity index (χ3n) is 6.04. The van der Waals surface area contributed by atoms with E-state index in [2.05, 4.69) is 10.1 Å². The highest BCUT2D eigenvalue weighted by atomic mass is 19.1. The fraction of sp³-hybridized carbons (Fsp3) is 0.455. The van der Waals surface area contributed by atoms with Crippen LogP contribution in [-0.4, -0.2) is 65.0 Å². The number of aromatic nitrogens is 3. The Morgan fingerprint density at radius 2 is 2.10 bits per heavy atom. The van der Waals surface area contributed by atoms with Gasteiger partial charge in [0.2, 0.25) is 0 Å². The summed E-state index contributed by atoms with van der Waals surface area (Å²) in [4.78, 5) is 20.0. The lowest BCUT2D eigenvalue weighted by atomic mass is 10.1. The maximum atomic E-state index is 13.8. The first-order valence-corrected chi connectivity index (χ1v) is 10.4. The van der Waals surface area contributed by atoms with Gasteiger partial charge in [-0.05, 0) is 37.6 Å². The Labute approximate surface area is 175 Å². The summed E-state index contributed by atoms with van der Waals surface area (Å²) in [5, 5.41) is 5.23. The van der Waals surface area contributed by atoms with Crippen LogP contribution in [0.25, 0.3) is 10.9 Å². The Hall–Kier alpha value is -2.71. The van der Waals surface area contributed by atoms with Crippen molar-refractivity contribution in [3.05, 3.63) is 52.7 Å². The molecule has 7 nitrogen and oxygen atoms in total. The van der Waals surface area contributed by atoms with Gasteiger partial charge in [0.25, 0.3) is 5.91 Å². The van der Waals surface area contributed by atoms with Gasteiger partial charge in [-0.1, -0.05) is 0 Å². The van der Waals surface area contributed by atoms with E-state index in [4.69, 9.17) is 4.74 Å². The van der Waals surface area contributed by atoms with Gasteiger partial charge in [0.15, 0.2) is 0 Å². The van der Waals surface area contributed by atoms with Crippen molar-refractivity contribution in [2.75, 3.05) is 39.4 Å². The number of H-pyrrole nitrogens is 1. The van der Waals surface area contributed by atoms with E-state index in [1.54, 1.807) is 10.7 Å². The second-order valence-electron chi connectivity index (χ2n) is 8.01. The summed E-state index contributed by atoms with van der Waals surface area (Å²) in [6.07, 6.45) is 1.87. The molecule has 2 N–H and O–H groups in total. The van der Waals surface area contributed by atoms with Gasteiger partial charge < -0.3 is 19.5 Å². The highest BCUT2D eigenvalue weighted by Gasteiger charge is 2.25. The molecule has 0 spiro atoms. The SMILES string of the molecule is Cc1nn(C)c(C)c1C(=O)N(CC[NH+]1CCOCC1)Cc1c[nH]c2ccc(F)cc12. The predicted octanol–water partition coefficient (Wildman–Crippen LogP) is 1.21. The van der Waals surface area contributed by atoms with Crippen molar-refractivity contribution >= 4 is 16.8 Å². The minimum absolute atomic E-state index is 0.0310. The van der Waals surface area contributed by atoms with Gasteiger partial charge in [0.05, 0.1) is 37.6 Å². The lowest BCUT2D eigenvalue weighted by Crippen LogP contribution is -3.14. The summed E-state index contributed by atoms with van der Waals surface area (Å²) in [6, 6.07) is 4.70. The number of nitrogens with zero attached hydrogens (tertiary/aromatic N) is 3. The van der Waals surface area contributed by atoms with Crippen LogP contribution < -0.4 is 4.90 Å². The number of hydrogen-bond acceptors (Lipinski definition) is 3. The molecule has 1 aliphatic heterocycles. The van der Waals surface area contributed by atoms with Gasteiger partial charge in [-0.2, -0.15) is 5.10 Å². The van der Waals surface area contributed by atoms with Crippen molar-refractivity contribution in [1.29, 1.82) is 0 Å². The fourth-order valence-electron chi connectivity index (χ4n) is 4.18. The number of ether oxygens (including phenoxy) is 1. The van der Waals surface area contributed by atoms with Crippen LogP contribution in [0.1, 0.15) is 27.3 Å². The third kappa shape index (κ3) is 4.11. The van der Waals surface area contributed by atoms with E-state index in [1.165, 1.54) is 17.0 Å².